The second-order valence-corrected chi connectivity index (χ2v) is 8.56. The highest BCUT2D eigenvalue weighted by Gasteiger charge is 2.40. The van der Waals surface area contributed by atoms with E-state index >= 15 is 0 Å². The largest absolute Gasteiger partial charge is 0.496 e. The van der Waals surface area contributed by atoms with Crippen molar-refractivity contribution in [1.82, 2.24) is 25.3 Å². The molecule has 2 atom stereocenters. The molecule has 1 aromatic rings. The highest BCUT2D eigenvalue weighted by Crippen LogP contribution is 2.36. The minimum atomic E-state index is -0.704. The van der Waals surface area contributed by atoms with Gasteiger partial charge in [0.2, 0.25) is 0 Å². The van der Waals surface area contributed by atoms with Gasteiger partial charge in [0, 0.05) is 56.6 Å². The van der Waals surface area contributed by atoms with Crippen molar-refractivity contribution in [3.63, 3.8) is 0 Å². The SMILES string of the molecule is CCNC(=O)N1CCN(CC2=C(C(=O)OCC)[C@H](c3ccccc3OC)NC(=O)N2CC)C[C@H]1C. The lowest BCUT2D eigenvalue weighted by molar-refractivity contribution is -0.139. The van der Waals surface area contributed by atoms with E-state index < -0.39 is 12.0 Å². The minimum absolute atomic E-state index is 0.0144. The molecule has 192 valence electrons. The highest BCUT2D eigenvalue weighted by atomic mass is 16.5. The maximum atomic E-state index is 13.3. The second-order valence-electron chi connectivity index (χ2n) is 8.56. The lowest BCUT2D eigenvalue weighted by atomic mass is 9.93. The Morgan fingerprint density at radius 1 is 1.17 bits per heavy atom. The Kier molecular flexibility index (Phi) is 8.97. The predicted octanol–water partition coefficient (Wildman–Crippen LogP) is 2.33. The minimum Gasteiger partial charge on any atom is -0.496 e. The molecule has 0 aliphatic carbocycles. The monoisotopic (exact) mass is 487 g/mol. The average Bonchev–Trinajstić information content (AvgIpc) is 2.84. The maximum Gasteiger partial charge on any atom is 0.338 e. The van der Waals surface area contributed by atoms with Gasteiger partial charge in [0.25, 0.3) is 0 Å². The first-order chi connectivity index (χ1) is 16.9. The quantitative estimate of drug-likeness (QED) is 0.546. The first kappa shape index (κ1) is 26.3. The van der Waals surface area contributed by atoms with Crippen LogP contribution in [-0.2, 0) is 9.53 Å². The van der Waals surface area contributed by atoms with Gasteiger partial charge in [0.1, 0.15) is 5.75 Å². The third-order valence-corrected chi connectivity index (χ3v) is 6.37. The van der Waals surface area contributed by atoms with E-state index in [2.05, 4.69) is 15.5 Å². The fourth-order valence-corrected chi connectivity index (χ4v) is 4.74. The molecule has 2 aliphatic rings. The van der Waals surface area contributed by atoms with Crippen molar-refractivity contribution >= 4 is 18.0 Å². The number of carbonyl (C=O) groups excluding carboxylic acids is 3. The van der Waals surface area contributed by atoms with Gasteiger partial charge in [0.15, 0.2) is 0 Å². The third kappa shape index (κ3) is 5.70. The zero-order valence-corrected chi connectivity index (χ0v) is 21.3. The number of nitrogens with zero attached hydrogens (tertiary/aromatic N) is 3. The fraction of sp³-hybridized carbons (Fsp3) is 0.560. The Morgan fingerprint density at radius 3 is 2.54 bits per heavy atom. The van der Waals surface area contributed by atoms with E-state index in [0.717, 1.165) is 0 Å². The Balaban J connectivity index is 2.00. The van der Waals surface area contributed by atoms with Crippen molar-refractivity contribution in [2.45, 2.75) is 39.8 Å². The Bertz CT molecular complexity index is 965. The molecule has 4 amide bonds. The van der Waals surface area contributed by atoms with Crippen LogP contribution in [0.25, 0.3) is 0 Å². The van der Waals surface area contributed by atoms with Crippen LogP contribution in [0.2, 0.25) is 0 Å². The van der Waals surface area contributed by atoms with Crippen molar-refractivity contribution < 1.29 is 23.9 Å². The number of piperazine rings is 1. The molecule has 10 heteroatoms. The van der Waals surface area contributed by atoms with Gasteiger partial charge < -0.3 is 25.0 Å². The van der Waals surface area contributed by atoms with Crippen molar-refractivity contribution in [3.05, 3.63) is 41.1 Å². The molecule has 0 radical (unpaired) electrons. The molecule has 2 aliphatic heterocycles. The number of urea groups is 2. The molecule has 1 aromatic carbocycles. The van der Waals surface area contributed by atoms with Gasteiger partial charge in [-0.05, 0) is 33.8 Å². The van der Waals surface area contributed by atoms with E-state index in [1.807, 2.05) is 43.9 Å². The Morgan fingerprint density at radius 2 is 1.91 bits per heavy atom. The number of hydrogen-bond donors (Lipinski definition) is 2. The summed E-state index contributed by atoms with van der Waals surface area (Å²) in [5, 5.41) is 5.84. The molecule has 3 rings (SSSR count). The number of rotatable bonds is 8. The van der Waals surface area contributed by atoms with Crippen molar-refractivity contribution in [2.24, 2.45) is 0 Å². The van der Waals surface area contributed by atoms with E-state index in [4.69, 9.17) is 9.47 Å². The molecule has 0 unspecified atom stereocenters. The molecular formula is C25H37N5O5. The summed E-state index contributed by atoms with van der Waals surface area (Å²) in [5.74, 6) is 0.110. The maximum absolute atomic E-state index is 13.3. The predicted molar refractivity (Wildman–Crippen MR) is 132 cm³/mol. The number of ether oxygens (including phenoxy) is 2. The number of para-hydroxylation sites is 1. The molecule has 1 fully saturated rings. The van der Waals surface area contributed by atoms with Crippen LogP contribution in [0, 0.1) is 0 Å². The number of esters is 1. The average molecular weight is 488 g/mol. The van der Waals surface area contributed by atoms with Crippen LogP contribution in [0.4, 0.5) is 9.59 Å². The van der Waals surface area contributed by atoms with Gasteiger partial charge >= 0.3 is 18.0 Å². The summed E-state index contributed by atoms with van der Waals surface area (Å²) in [5.41, 5.74) is 1.70. The van der Waals surface area contributed by atoms with Crippen LogP contribution >= 0.6 is 0 Å². The van der Waals surface area contributed by atoms with Crippen molar-refractivity contribution in [2.75, 3.05) is 53.0 Å². The summed E-state index contributed by atoms with van der Waals surface area (Å²) in [6, 6.07) is 6.27. The van der Waals surface area contributed by atoms with Crippen LogP contribution in [0.3, 0.4) is 0 Å². The number of benzene rings is 1. The second kappa shape index (κ2) is 11.9. The molecular weight excluding hydrogens is 450 g/mol. The molecule has 10 nitrogen and oxygen atoms in total. The number of hydrogen-bond acceptors (Lipinski definition) is 6. The van der Waals surface area contributed by atoms with Gasteiger partial charge in [-0.25, -0.2) is 14.4 Å². The normalized spacial score (nSPS) is 21.0. The zero-order chi connectivity index (χ0) is 25.5. The Labute approximate surface area is 207 Å². The first-order valence-corrected chi connectivity index (χ1v) is 12.2. The van der Waals surface area contributed by atoms with Crippen LogP contribution in [0.1, 0.15) is 39.3 Å². The molecule has 1 saturated heterocycles. The van der Waals surface area contributed by atoms with Gasteiger partial charge in [-0.3, -0.25) is 9.80 Å². The van der Waals surface area contributed by atoms with Crippen LogP contribution in [0.15, 0.2) is 35.5 Å². The smallest absolute Gasteiger partial charge is 0.338 e. The lowest BCUT2D eigenvalue weighted by Gasteiger charge is -2.42. The number of methoxy groups -OCH3 is 1. The number of amides is 4. The van der Waals surface area contributed by atoms with Crippen LogP contribution < -0.4 is 15.4 Å². The van der Waals surface area contributed by atoms with Gasteiger partial charge in [-0.15, -0.1) is 0 Å². The van der Waals surface area contributed by atoms with Gasteiger partial charge in [0.05, 0.1) is 25.3 Å². The molecule has 0 aromatic heterocycles. The van der Waals surface area contributed by atoms with E-state index in [1.54, 1.807) is 25.0 Å². The van der Waals surface area contributed by atoms with E-state index in [1.165, 1.54) is 0 Å². The van der Waals surface area contributed by atoms with Crippen molar-refractivity contribution in [3.8, 4) is 5.75 Å². The first-order valence-electron chi connectivity index (χ1n) is 12.2. The standard InChI is InChI=1S/C25H37N5O5/c1-6-26-24(32)30-14-13-28(15-17(30)4)16-19-21(23(31)35-8-3)22(27-25(33)29(19)7-2)18-11-9-10-12-20(18)34-5/h9-12,17,22H,6-8,13-16H2,1-5H3,(H,26,32)(H,27,33)/t17-,22+/m1/s1. The molecule has 2 heterocycles. The highest BCUT2D eigenvalue weighted by molar-refractivity contribution is 5.95. The summed E-state index contributed by atoms with van der Waals surface area (Å²) in [7, 11) is 1.56. The molecule has 2 N–H and O–H groups in total. The molecule has 0 spiro atoms. The number of carbonyl (C=O) groups is 3. The fourth-order valence-electron chi connectivity index (χ4n) is 4.74. The van der Waals surface area contributed by atoms with Gasteiger partial charge in [-0.1, -0.05) is 18.2 Å². The van der Waals surface area contributed by atoms with E-state index in [-0.39, 0.29) is 24.7 Å². The molecule has 35 heavy (non-hydrogen) atoms. The number of nitrogens with one attached hydrogen (secondary N) is 2. The van der Waals surface area contributed by atoms with E-state index in [0.29, 0.717) is 61.9 Å². The molecule has 0 saturated carbocycles. The van der Waals surface area contributed by atoms with E-state index in [9.17, 15) is 14.4 Å². The topological polar surface area (TPSA) is 103 Å². The zero-order valence-electron chi connectivity index (χ0n) is 21.3. The lowest BCUT2D eigenvalue weighted by Crippen LogP contribution is -2.58. The van der Waals surface area contributed by atoms with Crippen LogP contribution in [0.5, 0.6) is 5.75 Å². The summed E-state index contributed by atoms with van der Waals surface area (Å²) in [6.07, 6.45) is 0. The van der Waals surface area contributed by atoms with Crippen molar-refractivity contribution in [1.29, 1.82) is 0 Å². The van der Waals surface area contributed by atoms with Gasteiger partial charge in [-0.2, -0.15) is 0 Å². The number of likely N-dealkylation sites (N-methyl/N-ethyl adjacent to an activating group) is 1. The Hall–Kier alpha value is -3.27. The summed E-state index contributed by atoms with van der Waals surface area (Å²) >= 11 is 0. The summed E-state index contributed by atoms with van der Waals surface area (Å²) in [4.78, 5) is 44.4. The molecule has 0 bridgehead atoms. The third-order valence-electron chi connectivity index (χ3n) is 6.37. The van der Waals surface area contributed by atoms with Crippen LogP contribution in [-0.4, -0.2) is 91.8 Å². The summed E-state index contributed by atoms with van der Waals surface area (Å²) in [6.45, 7) is 10.9. The summed E-state index contributed by atoms with van der Waals surface area (Å²) < 4.78 is 11.0.